The maximum Gasteiger partial charge on any atom is 0.330 e. The third-order valence-electron chi connectivity index (χ3n) is 3.17. The molecule has 1 saturated heterocycles. The van der Waals surface area contributed by atoms with E-state index in [1.54, 1.807) is 0 Å². The highest BCUT2D eigenvalue weighted by molar-refractivity contribution is 5.82. The first kappa shape index (κ1) is 14.2. The van der Waals surface area contributed by atoms with Gasteiger partial charge in [0.1, 0.15) is 0 Å². The number of methoxy groups -OCH3 is 1. The lowest BCUT2D eigenvalue weighted by Crippen LogP contribution is -2.17. The summed E-state index contributed by atoms with van der Waals surface area (Å²) < 4.78 is 10.5. The molecule has 0 bridgehead atoms. The minimum Gasteiger partial charge on any atom is -0.466 e. The summed E-state index contributed by atoms with van der Waals surface area (Å²) in [6.07, 6.45) is 4.32. The van der Waals surface area contributed by atoms with E-state index in [2.05, 4.69) is 11.7 Å². The molecule has 1 rings (SSSR count). The van der Waals surface area contributed by atoms with Crippen molar-refractivity contribution in [3.8, 4) is 0 Å². The Morgan fingerprint density at radius 2 is 2.29 bits per heavy atom. The van der Waals surface area contributed by atoms with Crippen molar-refractivity contribution in [1.82, 2.24) is 0 Å². The van der Waals surface area contributed by atoms with Gasteiger partial charge in [0, 0.05) is 12.7 Å². The lowest BCUT2D eigenvalue weighted by molar-refractivity contribution is -0.135. The fourth-order valence-electron chi connectivity index (χ4n) is 2.32. The molecule has 17 heavy (non-hydrogen) atoms. The van der Waals surface area contributed by atoms with E-state index in [1.807, 2.05) is 6.92 Å². The predicted octanol–water partition coefficient (Wildman–Crippen LogP) is 1.67. The lowest BCUT2D eigenvalue weighted by atomic mass is 9.95. The number of aliphatic hydroxyl groups excluding tert-OH is 1. The number of aliphatic hydroxyl groups is 1. The molecule has 98 valence electrons. The van der Waals surface area contributed by atoms with Crippen molar-refractivity contribution in [1.29, 1.82) is 0 Å². The number of rotatable bonds is 5. The molecule has 4 nitrogen and oxygen atoms in total. The highest BCUT2D eigenvalue weighted by Gasteiger charge is 2.32. The van der Waals surface area contributed by atoms with Crippen LogP contribution in [0, 0.1) is 5.92 Å². The Bertz CT molecular complexity index is 285. The van der Waals surface area contributed by atoms with Gasteiger partial charge in [-0.15, -0.1) is 0 Å². The number of hydrogen-bond donors (Lipinski definition) is 1. The Hall–Kier alpha value is -0.870. The molecule has 0 amide bonds. The average Bonchev–Trinajstić information content (AvgIpc) is 2.67. The van der Waals surface area contributed by atoms with Gasteiger partial charge in [-0.05, 0) is 37.7 Å². The van der Waals surface area contributed by atoms with Crippen molar-refractivity contribution in [2.45, 2.75) is 45.3 Å². The molecule has 0 aliphatic carbocycles. The zero-order valence-corrected chi connectivity index (χ0v) is 10.8. The third-order valence-corrected chi connectivity index (χ3v) is 3.17. The molecule has 1 aliphatic rings. The van der Waals surface area contributed by atoms with Gasteiger partial charge in [0.2, 0.25) is 0 Å². The van der Waals surface area contributed by atoms with Crippen LogP contribution in [0.4, 0.5) is 0 Å². The van der Waals surface area contributed by atoms with E-state index >= 15 is 0 Å². The highest BCUT2D eigenvalue weighted by Crippen LogP contribution is 2.32. The Labute approximate surface area is 103 Å². The molecule has 0 spiro atoms. The third kappa shape index (κ3) is 4.13. The first-order valence-corrected chi connectivity index (χ1v) is 6.11. The van der Waals surface area contributed by atoms with Crippen molar-refractivity contribution in [3.05, 3.63) is 11.6 Å². The Kier molecular flexibility index (Phi) is 5.65. The zero-order valence-electron chi connectivity index (χ0n) is 10.8. The molecule has 1 aliphatic heterocycles. The summed E-state index contributed by atoms with van der Waals surface area (Å²) in [5.41, 5.74) is 0.913. The summed E-state index contributed by atoms with van der Waals surface area (Å²) in [5.74, 6) is 0.0664. The molecule has 3 atom stereocenters. The summed E-state index contributed by atoms with van der Waals surface area (Å²) in [6, 6.07) is 0. The van der Waals surface area contributed by atoms with Gasteiger partial charge in [0.15, 0.2) is 0 Å². The molecule has 4 heteroatoms. The first-order chi connectivity index (χ1) is 8.08. The average molecular weight is 242 g/mol. The van der Waals surface area contributed by atoms with Crippen LogP contribution in [0.1, 0.15) is 33.1 Å². The molecular weight excluding hydrogens is 220 g/mol. The van der Waals surface area contributed by atoms with Crippen molar-refractivity contribution in [3.63, 3.8) is 0 Å². The Morgan fingerprint density at radius 1 is 1.59 bits per heavy atom. The van der Waals surface area contributed by atoms with Gasteiger partial charge in [0.25, 0.3) is 0 Å². The van der Waals surface area contributed by atoms with Gasteiger partial charge in [-0.2, -0.15) is 0 Å². The summed E-state index contributed by atoms with van der Waals surface area (Å²) in [7, 11) is 1.37. The predicted molar refractivity (Wildman–Crippen MR) is 64.5 cm³/mol. The number of esters is 1. The lowest BCUT2D eigenvalue weighted by Gasteiger charge is -2.16. The molecule has 1 fully saturated rings. The normalized spacial score (nSPS) is 29.4. The van der Waals surface area contributed by atoms with Crippen LogP contribution in [0.25, 0.3) is 0 Å². The summed E-state index contributed by atoms with van der Waals surface area (Å²) >= 11 is 0. The van der Waals surface area contributed by atoms with Crippen molar-refractivity contribution in [2.24, 2.45) is 5.92 Å². The van der Waals surface area contributed by atoms with Crippen molar-refractivity contribution in [2.75, 3.05) is 13.7 Å². The van der Waals surface area contributed by atoms with E-state index < -0.39 is 0 Å². The van der Waals surface area contributed by atoms with Gasteiger partial charge in [-0.25, -0.2) is 4.79 Å². The van der Waals surface area contributed by atoms with Crippen LogP contribution < -0.4 is 0 Å². The first-order valence-electron chi connectivity index (χ1n) is 6.11. The maximum atomic E-state index is 11.2. The SMILES string of the molecule is COC(=O)/C=C(\C)[C@@H]1O[C@H](CCCO)C[C@H]1C. The van der Waals surface area contributed by atoms with Gasteiger partial charge in [-0.3, -0.25) is 0 Å². The second kappa shape index (κ2) is 6.77. The number of ether oxygens (including phenoxy) is 2. The van der Waals surface area contributed by atoms with E-state index in [1.165, 1.54) is 13.2 Å². The summed E-state index contributed by atoms with van der Waals surface area (Å²) in [4.78, 5) is 11.2. The Balaban J connectivity index is 2.54. The smallest absolute Gasteiger partial charge is 0.330 e. The molecule has 0 saturated carbocycles. The minimum atomic E-state index is -0.336. The van der Waals surface area contributed by atoms with Crippen LogP contribution in [-0.4, -0.2) is 37.0 Å². The van der Waals surface area contributed by atoms with E-state index in [9.17, 15) is 4.79 Å². The number of carbonyl (C=O) groups excluding carboxylic acids is 1. The van der Waals surface area contributed by atoms with Gasteiger partial charge < -0.3 is 14.6 Å². The van der Waals surface area contributed by atoms with E-state index in [-0.39, 0.29) is 24.8 Å². The molecule has 0 radical (unpaired) electrons. The van der Waals surface area contributed by atoms with E-state index in [0.29, 0.717) is 5.92 Å². The standard InChI is InChI=1S/C13H22O4/c1-9-7-11(5-4-6-14)17-13(9)10(2)8-12(15)16-3/h8-9,11,13-14H,4-7H2,1-3H3/b10-8+/t9-,11-,13-/m1/s1. The molecule has 0 aromatic rings. The Morgan fingerprint density at radius 3 is 2.88 bits per heavy atom. The molecule has 1 heterocycles. The van der Waals surface area contributed by atoms with Crippen LogP contribution in [-0.2, 0) is 14.3 Å². The van der Waals surface area contributed by atoms with Gasteiger partial charge in [0.05, 0.1) is 19.3 Å². The topological polar surface area (TPSA) is 55.8 Å². The minimum absolute atomic E-state index is 0.00204. The van der Waals surface area contributed by atoms with Crippen LogP contribution in [0.2, 0.25) is 0 Å². The molecule has 0 aromatic carbocycles. The second-order valence-corrected chi connectivity index (χ2v) is 4.67. The van der Waals surface area contributed by atoms with Crippen LogP contribution in [0.3, 0.4) is 0 Å². The second-order valence-electron chi connectivity index (χ2n) is 4.67. The maximum absolute atomic E-state index is 11.2. The van der Waals surface area contributed by atoms with Crippen molar-refractivity contribution < 1.29 is 19.4 Å². The van der Waals surface area contributed by atoms with Gasteiger partial charge >= 0.3 is 5.97 Å². The number of hydrogen-bond acceptors (Lipinski definition) is 4. The monoisotopic (exact) mass is 242 g/mol. The van der Waals surface area contributed by atoms with E-state index in [4.69, 9.17) is 9.84 Å². The molecule has 0 aromatic heterocycles. The molecule has 0 unspecified atom stereocenters. The van der Waals surface area contributed by atoms with Crippen LogP contribution >= 0.6 is 0 Å². The highest BCUT2D eigenvalue weighted by atomic mass is 16.5. The largest absolute Gasteiger partial charge is 0.466 e. The fourth-order valence-corrected chi connectivity index (χ4v) is 2.32. The quantitative estimate of drug-likeness (QED) is 0.588. The number of carbonyl (C=O) groups is 1. The van der Waals surface area contributed by atoms with Crippen molar-refractivity contribution >= 4 is 5.97 Å². The van der Waals surface area contributed by atoms with Crippen LogP contribution in [0.15, 0.2) is 11.6 Å². The fraction of sp³-hybridized carbons (Fsp3) is 0.769. The summed E-state index contributed by atoms with van der Waals surface area (Å²) in [6.45, 7) is 4.22. The van der Waals surface area contributed by atoms with Gasteiger partial charge in [-0.1, -0.05) is 6.92 Å². The van der Waals surface area contributed by atoms with Crippen LogP contribution in [0.5, 0.6) is 0 Å². The van der Waals surface area contributed by atoms with E-state index in [0.717, 1.165) is 24.8 Å². The zero-order chi connectivity index (χ0) is 12.8. The molecule has 1 N–H and O–H groups in total. The molecular formula is C13H22O4. The summed E-state index contributed by atoms with van der Waals surface area (Å²) in [5, 5.41) is 8.79.